The van der Waals surface area contributed by atoms with E-state index < -0.39 is 32.5 Å². The molecule has 10 heteroatoms. The largest absolute Gasteiger partial charge is 0.756 e. The molecule has 0 radical (unpaired) electrons. The second-order valence-electron chi connectivity index (χ2n) is 19.0. The fraction of sp³-hybridized carbons (Fsp3) is 0.750. The first-order valence-corrected chi connectivity index (χ1v) is 28.2. The molecular weight excluding hydrogens is 844 g/mol. The monoisotopic (exact) mass is 945 g/mol. The average molecular weight is 945 g/mol. The quantitative estimate of drug-likeness (QED) is 0.0212. The molecule has 3 unspecified atom stereocenters. The third-order valence-electron chi connectivity index (χ3n) is 11.4. The summed E-state index contributed by atoms with van der Waals surface area (Å²) in [6.45, 7) is 6.64. The van der Waals surface area contributed by atoms with Crippen molar-refractivity contribution in [2.75, 3.05) is 40.9 Å². The molecule has 0 aromatic rings. The normalized spacial score (nSPS) is 14.5. The molecule has 3 atom stereocenters. The van der Waals surface area contributed by atoms with Crippen molar-refractivity contribution in [3.63, 3.8) is 0 Å². The van der Waals surface area contributed by atoms with Gasteiger partial charge in [-0.2, -0.15) is 0 Å². The minimum atomic E-state index is -4.71. The number of amides is 1. The maximum absolute atomic E-state index is 13.4. The zero-order valence-electron chi connectivity index (χ0n) is 43.4. The van der Waals surface area contributed by atoms with Gasteiger partial charge in [-0.05, 0) is 83.1 Å². The van der Waals surface area contributed by atoms with E-state index in [1.54, 1.807) is 6.08 Å². The summed E-state index contributed by atoms with van der Waals surface area (Å²) in [5, 5.41) is 2.98. The smallest absolute Gasteiger partial charge is 0.306 e. The van der Waals surface area contributed by atoms with Crippen molar-refractivity contribution in [1.29, 1.82) is 0 Å². The Morgan fingerprint density at radius 2 is 0.985 bits per heavy atom. The Labute approximate surface area is 406 Å². The van der Waals surface area contributed by atoms with E-state index in [0.717, 1.165) is 77.0 Å². The Morgan fingerprint density at radius 3 is 1.48 bits per heavy atom. The lowest BCUT2D eigenvalue weighted by Gasteiger charge is -2.30. The van der Waals surface area contributed by atoms with Crippen molar-refractivity contribution in [2.24, 2.45) is 0 Å². The van der Waals surface area contributed by atoms with Crippen molar-refractivity contribution in [1.82, 2.24) is 5.32 Å². The Bertz CT molecular complexity index is 1370. The highest BCUT2D eigenvalue weighted by Crippen LogP contribution is 2.38. The summed E-state index contributed by atoms with van der Waals surface area (Å²) in [5.41, 5.74) is 0. The number of rotatable bonds is 47. The van der Waals surface area contributed by atoms with Gasteiger partial charge in [0.25, 0.3) is 7.82 Å². The maximum atomic E-state index is 13.4. The first kappa shape index (κ1) is 63.5. The molecule has 0 aliphatic carbocycles. The molecule has 0 bridgehead atoms. The number of nitrogens with zero attached hydrogens (tertiary/aromatic N) is 1. The van der Waals surface area contributed by atoms with E-state index in [0.29, 0.717) is 23.9 Å². The molecule has 0 heterocycles. The Kier molecular flexibility index (Phi) is 44.4. The van der Waals surface area contributed by atoms with Gasteiger partial charge < -0.3 is 28.5 Å². The molecule has 382 valence electrons. The van der Waals surface area contributed by atoms with E-state index in [4.69, 9.17) is 13.8 Å². The van der Waals surface area contributed by atoms with Gasteiger partial charge >= 0.3 is 5.97 Å². The van der Waals surface area contributed by atoms with E-state index in [2.05, 4.69) is 80.8 Å². The fourth-order valence-corrected chi connectivity index (χ4v) is 7.96. The summed E-state index contributed by atoms with van der Waals surface area (Å²) in [4.78, 5) is 39.7. The van der Waals surface area contributed by atoms with Crippen LogP contribution in [0.5, 0.6) is 0 Å². The molecule has 0 aromatic carbocycles. The van der Waals surface area contributed by atoms with E-state index in [1.165, 1.54) is 96.3 Å². The van der Waals surface area contributed by atoms with Gasteiger partial charge in [-0.15, -0.1) is 0 Å². The van der Waals surface area contributed by atoms with Gasteiger partial charge in [-0.3, -0.25) is 14.2 Å². The topological polar surface area (TPSA) is 114 Å². The number of phosphoric acid groups is 1. The molecule has 0 saturated heterocycles. The van der Waals surface area contributed by atoms with Crippen LogP contribution in [0, 0.1) is 0 Å². The van der Waals surface area contributed by atoms with E-state index in [9.17, 15) is 19.0 Å². The zero-order valence-corrected chi connectivity index (χ0v) is 44.3. The molecule has 9 nitrogen and oxygen atoms in total. The highest BCUT2D eigenvalue weighted by atomic mass is 31.2. The molecule has 0 rings (SSSR count). The third kappa shape index (κ3) is 46.6. The number of quaternary nitrogens is 1. The van der Waals surface area contributed by atoms with Crippen LogP contribution in [0.3, 0.4) is 0 Å². The summed E-state index contributed by atoms with van der Waals surface area (Å²) in [6.07, 6.45) is 57.4. The molecule has 0 aromatic heterocycles. The number of allylic oxidation sites excluding steroid dienone is 11. The average Bonchev–Trinajstić information content (AvgIpc) is 3.27. The van der Waals surface area contributed by atoms with Crippen LogP contribution in [0.1, 0.15) is 220 Å². The van der Waals surface area contributed by atoms with Crippen molar-refractivity contribution in [2.45, 2.75) is 232 Å². The highest BCUT2D eigenvalue weighted by molar-refractivity contribution is 7.45. The van der Waals surface area contributed by atoms with E-state index in [-0.39, 0.29) is 25.4 Å². The highest BCUT2D eigenvalue weighted by Gasteiger charge is 2.27. The second-order valence-corrected chi connectivity index (χ2v) is 20.4. The Morgan fingerprint density at radius 1 is 0.545 bits per heavy atom. The van der Waals surface area contributed by atoms with Gasteiger partial charge in [0.05, 0.1) is 33.8 Å². The van der Waals surface area contributed by atoms with Gasteiger partial charge in [0, 0.05) is 12.8 Å². The zero-order chi connectivity index (χ0) is 48.7. The third-order valence-corrected chi connectivity index (χ3v) is 12.3. The first-order valence-electron chi connectivity index (χ1n) is 26.7. The van der Waals surface area contributed by atoms with Crippen molar-refractivity contribution >= 4 is 19.7 Å². The summed E-state index contributed by atoms with van der Waals surface area (Å²) < 4.78 is 30.1. The van der Waals surface area contributed by atoms with Crippen LogP contribution >= 0.6 is 7.82 Å². The Balaban J connectivity index is 5.55. The summed E-state index contributed by atoms with van der Waals surface area (Å²) in [7, 11) is 1.13. The van der Waals surface area contributed by atoms with E-state index in [1.807, 2.05) is 33.3 Å². The molecule has 0 saturated carbocycles. The minimum absolute atomic E-state index is 0.0369. The van der Waals surface area contributed by atoms with Crippen LogP contribution in [-0.4, -0.2) is 69.4 Å². The predicted octanol–water partition coefficient (Wildman–Crippen LogP) is 15.1. The number of hydrogen-bond donors (Lipinski definition) is 1. The molecular formula is C56H101N2O7P. The van der Waals surface area contributed by atoms with Gasteiger partial charge in [0.2, 0.25) is 5.91 Å². The molecule has 1 amide bonds. The lowest BCUT2D eigenvalue weighted by Crippen LogP contribution is -2.47. The lowest BCUT2D eigenvalue weighted by molar-refractivity contribution is -0.870. The van der Waals surface area contributed by atoms with Crippen molar-refractivity contribution in [3.05, 3.63) is 72.9 Å². The van der Waals surface area contributed by atoms with Crippen LogP contribution < -0.4 is 10.2 Å². The van der Waals surface area contributed by atoms with Crippen LogP contribution in [0.4, 0.5) is 0 Å². The number of phosphoric ester groups is 1. The SMILES string of the molecule is CC/C=C/C/C=C/C/C=C/CCCCCCC(=O)NC(COP(=O)([O-])OCC[N+](C)(C)C)C(/C=C/CCCCCCCCCCCCC)OC(=O)CC/C=C/C/C=C\CCCCCCCC. The Hall–Kier alpha value is -2.55. The molecule has 66 heavy (non-hydrogen) atoms. The van der Waals surface area contributed by atoms with Crippen molar-refractivity contribution in [3.8, 4) is 0 Å². The number of carbonyl (C=O) groups excluding carboxylic acids is 2. The second kappa shape index (κ2) is 46.2. The molecule has 0 aliphatic rings. The van der Waals surface area contributed by atoms with Gasteiger partial charge in [0.1, 0.15) is 19.3 Å². The van der Waals surface area contributed by atoms with Crippen LogP contribution in [-0.2, 0) is 27.9 Å². The number of ether oxygens (including phenoxy) is 1. The van der Waals surface area contributed by atoms with Crippen LogP contribution in [0.15, 0.2) is 72.9 Å². The molecule has 0 fully saturated rings. The predicted molar refractivity (Wildman–Crippen MR) is 279 cm³/mol. The lowest BCUT2D eigenvalue weighted by atomic mass is 10.0. The van der Waals surface area contributed by atoms with Crippen LogP contribution in [0.25, 0.3) is 0 Å². The number of carbonyl (C=O) groups is 2. The summed E-state index contributed by atoms with van der Waals surface area (Å²) in [5.74, 6) is -0.649. The van der Waals surface area contributed by atoms with Crippen molar-refractivity contribution < 1.29 is 37.3 Å². The number of likely N-dealkylation sites (N-methyl/N-ethyl adjacent to an activating group) is 1. The number of hydrogen-bond acceptors (Lipinski definition) is 7. The standard InChI is InChI=1S/C56H101N2O7P/c1-7-10-13-16-19-22-25-28-31-33-36-39-42-45-48-55(59)57-53(52-64-66(61,62)63-51-50-58(4,5)6)54(47-44-41-38-35-32-29-26-23-20-17-14-11-8-2)65-56(60)49-46-43-40-37-34-30-27-24-21-18-15-12-9-3/h10,13,19,22,28,30-31,34,40,43-44,47,53-54H,7-9,11-12,14-18,20-21,23-27,29,32-33,35-39,41-42,45-46,48-52H2,1-6H3,(H-,57,59,61,62)/b13-10+,22-19+,31-28+,34-30-,43-40+,47-44+. The molecule has 0 spiro atoms. The van der Waals surface area contributed by atoms with E-state index >= 15 is 0 Å². The first-order chi connectivity index (χ1) is 31.9. The number of esters is 1. The summed E-state index contributed by atoms with van der Waals surface area (Å²) in [6, 6.07) is -0.923. The van der Waals surface area contributed by atoms with Gasteiger partial charge in [-0.1, -0.05) is 197 Å². The number of nitrogens with one attached hydrogen (secondary N) is 1. The van der Waals surface area contributed by atoms with Crippen LogP contribution in [0.2, 0.25) is 0 Å². The van der Waals surface area contributed by atoms with Gasteiger partial charge in [0.15, 0.2) is 0 Å². The minimum Gasteiger partial charge on any atom is -0.756 e. The van der Waals surface area contributed by atoms with Gasteiger partial charge in [-0.25, -0.2) is 0 Å². The molecule has 0 aliphatic heterocycles. The summed E-state index contributed by atoms with van der Waals surface area (Å²) >= 11 is 0. The fourth-order valence-electron chi connectivity index (χ4n) is 7.23. The molecule has 1 N–H and O–H groups in total. The number of unbranched alkanes of at least 4 members (excludes halogenated alkanes) is 21. The maximum Gasteiger partial charge on any atom is 0.306 e.